The standard InChI is InChI=1S/C12H18O/c1-2-3-9-6-11-8-10(4-5-13)12(11)7-9/h4-5,9,11-12H,2-3,6-8H2,1H3/b10-4-. The minimum absolute atomic E-state index is 0.793. The fraction of sp³-hybridized carbons (Fsp3) is 0.750. The molecule has 2 fully saturated rings. The van der Waals surface area contributed by atoms with Crippen LogP contribution in [0.15, 0.2) is 11.6 Å². The molecule has 0 saturated heterocycles. The van der Waals surface area contributed by atoms with E-state index in [1.165, 1.54) is 37.7 Å². The van der Waals surface area contributed by atoms with Crippen molar-refractivity contribution in [3.05, 3.63) is 11.6 Å². The summed E-state index contributed by atoms with van der Waals surface area (Å²) < 4.78 is 0. The van der Waals surface area contributed by atoms with E-state index in [1.807, 2.05) is 0 Å². The molecule has 2 saturated carbocycles. The van der Waals surface area contributed by atoms with E-state index in [0.717, 1.165) is 24.0 Å². The van der Waals surface area contributed by atoms with E-state index in [0.29, 0.717) is 0 Å². The molecule has 0 amide bonds. The van der Waals surface area contributed by atoms with Gasteiger partial charge in [0.2, 0.25) is 0 Å². The minimum Gasteiger partial charge on any atom is -0.299 e. The molecule has 0 N–H and O–H groups in total. The second-order valence-corrected chi connectivity index (χ2v) is 4.57. The Morgan fingerprint density at radius 2 is 2.31 bits per heavy atom. The number of allylic oxidation sites excluding steroid dienone is 2. The van der Waals surface area contributed by atoms with Crippen molar-refractivity contribution in [2.24, 2.45) is 17.8 Å². The fourth-order valence-electron chi connectivity index (χ4n) is 3.14. The Morgan fingerprint density at radius 1 is 1.46 bits per heavy atom. The molecule has 0 radical (unpaired) electrons. The molecule has 3 unspecified atom stereocenters. The zero-order chi connectivity index (χ0) is 9.26. The second kappa shape index (κ2) is 3.65. The number of hydrogen-bond donors (Lipinski definition) is 0. The highest BCUT2D eigenvalue weighted by molar-refractivity contribution is 5.67. The number of carbonyl (C=O) groups is 1. The summed E-state index contributed by atoms with van der Waals surface area (Å²) in [5.74, 6) is 2.68. The van der Waals surface area contributed by atoms with Crippen molar-refractivity contribution < 1.29 is 4.79 Å². The Balaban J connectivity index is 1.91. The lowest BCUT2D eigenvalue weighted by Gasteiger charge is -2.33. The summed E-state index contributed by atoms with van der Waals surface area (Å²) >= 11 is 0. The highest BCUT2D eigenvalue weighted by Gasteiger charge is 2.43. The van der Waals surface area contributed by atoms with E-state index >= 15 is 0 Å². The van der Waals surface area contributed by atoms with E-state index < -0.39 is 0 Å². The normalized spacial score (nSPS) is 40.1. The van der Waals surface area contributed by atoms with Crippen LogP contribution in [0, 0.1) is 17.8 Å². The average Bonchev–Trinajstić information content (AvgIpc) is 2.41. The van der Waals surface area contributed by atoms with E-state index in [4.69, 9.17) is 0 Å². The van der Waals surface area contributed by atoms with Gasteiger partial charge in [0.1, 0.15) is 6.29 Å². The second-order valence-electron chi connectivity index (χ2n) is 4.57. The van der Waals surface area contributed by atoms with Crippen molar-refractivity contribution in [1.82, 2.24) is 0 Å². The van der Waals surface area contributed by atoms with Crippen LogP contribution in [0.2, 0.25) is 0 Å². The third kappa shape index (κ3) is 1.56. The van der Waals surface area contributed by atoms with Crippen LogP contribution in [0.25, 0.3) is 0 Å². The van der Waals surface area contributed by atoms with Gasteiger partial charge in [-0.15, -0.1) is 0 Å². The van der Waals surface area contributed by atoms with Crippen LogP contribution in [0.3, 0.4) is 0 Å². The Kier molecular flexibility index (Phi) is 2.52. The highest BCUT2D eigenvalue weighted by atomic mass is 16.1. The lowest BCUT2D eigenvalue weighted by atomic mass is 9.71. The predicted molar refractivity (Wildman–Crippen MR) is 53.4 cm³/mol. The number of aldehydes is 1. The number of rotatable bonds is 3. The molecule has 0 heterocycles. The van der Waals surface area contributed by atoms with Crippen LogP contribution in [-0.2, 0) is 4.79 Å². The molecule has 0 spiro atoms. The lowest BCUT2D eigenvalue weighted by molar-refractivity contribution is -0.104. The molecule has 0 aromatic heterocycles. The highest BCUT2D eigenvalue weighted by Crippen LogP contribution is 2.53. The molecule has 13 heavy (non-hydrogen) atoms. The van der Waals surface area contributed by atoms with E-state index in [9.17, 15) is 4.79 Å². The summed E-state index contributed by atoms with van der Waals surface area (Å²) in [7, 11) is 0. The summed E-state index contributed by atoms with van der Waals surface area (Å²) in [6.07, 6.45) is 9.46. The van der Waals surface area contributed by atoms with Crippen LogP contribution in [-0.4, -0.2) is 6.29 Å². The Hall–Kier alpha value is -0.590. The van der Waals surface area contributed by atoms with Gasteiger partial charge in [-0.2, -0.15) is 0 Å². The summed E-state index contributed by atoms with van der Waals surface area (Å²) in [6, 6.07) is 0. The van der Waals surface area contributed by atoms with Crippen LogP contribution < -0.4 is 0 Å². The van der Waals surface area contributed by atoms with Gasteiger partial charge in [0.15, 0.2) is 0 Å². The molecule has 2 rings (SSSR count). The van der Waals surface area contributed by atoms with Crippen LogP contribution in [0.5, 0.6) is 0 Å². The average molecular weight is 178 g/mol. The molecule has 0 bridgehead atoms. The van der Waals surface area contributed by atoms with Crippen LogP contribution in [0.1, 0.15) is 39.0 Å². The van der Waals surface area contributed by atoms with Gasteiger partial charge in [-0.05, 0) is 43.1 Å². The molecule has 3 atom stereocenters. The topological polar surface area (TPSA) is 17.1 Å². The third-order valence-corrected chi connectivity index (χ3v) is 3.75. The largest absolute Gasteiger partial charge is 0.299 e. The predicted octanol–water partition coefficient (Wildman–Crippen LogP) is 2.96. The first kappa shape index (κ1) is 8.98. The first-order valence-electron chi connectivity index (χ1n) is 5.49. The Labute approximate surface area is 80.2 Å². The van der Waals surface area contributed by atoms with Crippen molar-refractivity contribution in [3.8, 4) is 0 Å². The number of hydrogen-bond acceptors (Lipinski definition) is 1. The first-order valence-corrected chi connectivity index (χ1v) is 5.49. The van der Waals surface area contributed by atoms with Gasteiger partial charge in [0, 0.05) is 0 Å². The number of fused-ring (bicyclic) bond motifs is 1. The zero-order valence-corrected chi connectivity index (χ0v) is 8.33. The summed E-state index contributed by atoms with van der Waals surface area (Å²) in [6.45, 7) is 2.27. The van der Waals surface area contributed by atoms with Crippen LogP contribution >= 0.6 is 0 Å². The molecule has 1 nitrogen and oxygen atoms in total. The minimum atomic E-state index is 0.793. The van der Waals surface area contributed by atoms with E-state index in [2.05, 4.69) is 6.92 Å². The van der Waals surface area contributed by atoms with Crippen LogP contribution in [0.4, 0.5) is 0 Å². The van der Waals surface area contributed by atoms with Gasteiger partial charge in [-0.25, -0.2) is 0 Å². The van der Waals surface area contributed by atoms with Crippen molar-refractivity contribution in [3.63, 3.8) is 0 Å². The van der Waals surface area contributed by atoms with E-state index in [-0.39, 0.29) is 0 Å². The maximum Gasteiger partial charge on any atom is 0.142 e. The van der Waals surface area contributed by atoms with Gasteiger partial charge in [-0.3, -0.25) is 4.79 Å². The summed E-state index contributed by atoms with van der Waals surface area (Å²) in [4.78, 5) is 10.3. The SMILES string of the molecule is CCCC1CC2C/C(=C/C=O)C2C1. The molecular weight excluding hydrogens is 160 g/mol. The van der Waals surface area contributed by atoms with E-state index in [1.54, 1.807) is 6.08 Å². The molecule has 0 aromatic rings. The fourth-order valence-corrected chi connectivity index (χ4v) is 3.14. The zero-order valence-electron chi connectivity index (χ0n) is 8.33. The molecule has 0 aromatic carbocycles. The maximum absolute atomic E-state index is 10.3. The summed E-state index contributed by atoms with van der Waals surface area (Å²) in [5, 5.41) is 0. The van der Waals surface area contributed by atoms with Crippen molar-refractivity contribution in [1.29, 1.82) is 0 Å². The van der Waals surface area contributed by atoms with Gasteiger partial charge in [0.05, 0.1) is 0 Å². The molecule has 2 aliphatic rings. The van der Waals surface area contributed by atoms with Crippen molar-refractivity contribution in [2.45, 2.75) is 39.0 Å². The first-order chi connectivity index (χ1) is 6.35. The number of carbonyl (C=O) groups excluding carboxylic acids is 1. The quantitative estimate of drug-likeness (QED) is 0.479. The van der Waals surface area contributed by atoms with Gasteiger partial charge < -0.3 is 0 Å². The van der Waals surface area contributed by atoms with Gasteiger partial charge in [0.25, 0.3) is 0 Å². The molecule has 0 aliphatic heterocycles. The van der Waals surface area contributed by atoms with Gasteiger partial charge in [-0.1, -0.05) is 25.3 Å². The molecular formula is C12H18O. The smallest absolute Gasteiger partial charge is 0.142 e. The van der Waals surface area contributed by atoms with Crippen molar-refractivity contribution >= 4 is 6.29 Å². The molecule has 1 heteroatoms. The Morgan fingerprint density at radius 3 is 3.00 bits per heavy atom. The molecule has 2 aliphatic carbocycles. The third-order valence-electron chi connectivity index (χ3n) is 3.75. The van der Waals surface area contributed by atoms with Gasteiger partial charge >= 0.3 is 0 Å². The maximum atomic E-state index is 10.3. The van der Waals surface area contributed by atoms with Crippen molar-refractivity contribution in [2.75, 3.05) is 0 Å². The Bertz CT molecular complexity index is 229. The molecule has 72 valence electrons. The summed E-state index contributed by atoms with van der Waals surface area (Å²) in [5.41, 5.74) is 1.43. The lowest BCUT2D eigenvalue weighted by Crippen LogP contribution is -2.23. The monoisotopic (exact) mass is 178 g/mol.